The van der Waals surface area contributed by atoms with E-state index in [4.69, 9.17) is 0 Å². The van der Waals surface area contributed by atoms with Crippen LogP contribution in [0.5, 0.6) is 0 Å². The quantitative estimate of drug-likeness (QED) is 0.453. The zero-order valence-corrected chi connectivity index (χ0v) is 17.5. The molecule has 32 heavy (non-hydrogen) atoms. The molecule has 0 saturated carbocycles. The first kappa shape index (κ1) is 20.8. The van der Waals surface area contributed by atoms with Gasteiger partial charge in [-0.1, -0.05) is 60.4 Å². The first-order valence-electron chi connectivity index (χ1n) is 10.2. The number of rotatable bonds is 5. The number of benzene rings is 3. The Morgan fingerprint density at radius 3 is 2.06 bits per heavy atom. The molecule has 1 heterocycles. The molecule has 3 aromatic carbocycles. The number of para-hydroxylation sites is 1. The molecular weight excluding hydrogens is 398 g/mol. The molecule has 1 atom stereocenters. The van der Waals surface area contributed by atoms with E-state index in [0.29, 0.717) is 11.5 Å². The van der Waals surface area contributed by atoms with Gasteiger partial charge in [-0.25, -0.2) is 14.8 Å². The number of hydrogen-bond acceptors (Lipinski definition) is 4. The number of nitrogens with zero attached hydrogens (tertiary/aromatic N) is 3. The fourth-order valence-electron chi connectivity index (χ4n) is 3.28. The van der Waals surface area contributed by atoms with Crippen LogP contribution in [-0.2, 0) is 4.79 Å². The molecule has 0 radical (unpaired) electrons. The Bertz CT molecular complexity index is 1260. The maximum atomic E-state index is 11.7. The first-order valence-corrected chi connectivity index (χ1v) is 10.2. The van der Waals surface area contributed by atoms with Crippen LogP contribution in [0.1, 0.15) is 18.1 Å². The number of aromatic nitrogens is 2. The predicted molar refractivity (Wildman–Crippen MR) is 126 cm³/mol. The molecule has 1 N–H and O–H groups in total. The largest absolute Gasteiger partial charge is 0.480 e. The topological polar surface area (TPSA) is 66.3 Å². The van der Waals surface area contributed by atoms with Crippen LogP contribution in [0.3, 0.4) is 0 Å². The van der Waals surface area contributed by atoms with E-state index >= 15 is 0 Å². The summed E-state index contributed by atoms with van der Waals surface area (Å²) in [5.41, 5.74) is 4.22. The zero-order chi connectivity index (χ0) is 22.3. The van der Waals surface area contributed by atoms with Gasteiger partial charge in [0.15, 0.2) is 0 Å². The summed E-state index contributed by atoms with van der Waals surface area (Å²) in [6, 6.07) is 28.0. The highest BCUT2D eigenvalue weighted by Gasteiger charge is 2.24. The minimum absolute atomic E-state index is 0.518. The Hall–Kier alpha value is -4.43. The summed E-state index contributed by atoms with van der Waals surface area (Å²) in [5.74, 6) is 5.89. The van der Waals surface area contributed by atoms with Crippen molar-refractivity contribution < 1.29 is 9.90 Å². The van der Waals surface area contributed by atoms with Crippen LogP contribution in [0.25, 0.3) is 11.3 Å². The van der Waals surface area contributed by atoms with E-state index in [2.05, 4.69) is 21.8 Å². The van der Waals surface area contributed by atoms with Crippen molar-refractivity contribution in [3.05, 3.63) is 108 Å². The smallest absolute Gasteiger partial charge is 0.326 e. The van der Waals surface area contributed by atoms with Crippen molar-refractivity contribution >= 4 is 17.5 Å². The van der Waals surface area contributed by atoms with Gasteiger partial charge < -0.3 is 10.0 Å². The molecule has 1 aromatic heterocycles. The van der Waals surface area contributed by atoms with Crippen molar-refractivity contribution in [3.63, 3.8) is 0 Å². The Balaban J connectivity index is 1.63. The van der Waals surface area contributed by atoms with Gasteiger partial charge in [-0.15, -0.1) is 0 Å². The molecule has 0 bridgehead atoms. The van der Waals surface area contributed by atoms with Crippen LogP contribution in [-0.4, -0.2) is 27.1 Å². The van der Waals surface area contributed by atoms with E-state index in [9.17, 15) is 9.90 Å². The average Bonchev–Trinajstić information content (AvgIpc) is 2.85. The lowest BCUT2D eigenvalue weighted by atomic mass is 10.1. The third-order valence-corrected chi connectivity index (χ3v) is 4.98. The second kappa shape index (κ2) is 9.59. The van der Waals surface area contributed by atoms with Crippen LogP contribution in [0.4, 0.5) is 11.5 Å². The SMILES string of the molecule is C[C@@H](C(=O)O)N(c1ccccc1)c1cc(-c2ccc(C#Cc3ccccc3)cc2)ncn1. The average molecular weight is 419 g/mol. The van der Waals surface area contributed by atoms with Gasteiger partial charge >= 0.3 is 5.97 Å². The van der Waals surface area contributed by atoms with Gasteiger partial charge in [0.25, 0.3) is 0 Å². The molecule has 0 aliphatic heterocycles. The molecule has 5 heteroatoms. The summed E-state index contributed by atoms with van der Waals surface area (Å²) in [4.78, 5) is 22.2. The molecule has 0 aliphatic rings. The van der Waals surface area contributed by atoms with Gasteiger partial charge in [0.05, 0.1) is 5.69 Å². The molecule has 0 fully saturated rings. The summed E-state index contributed by atoms with van der Waals surface area (Å²) < 4.78 is 0. The number of carboxylic acid groups (broad SMARTS) is 1. The molecule has 0 unspecified atom stereocenters. The molecule has 4 aromatic rings. The summed E-state index contributed by atoms with van der Waals surface area (Å²) in [5, 5.41) is 9.63. The standard InChI is InChI=1S/C27H21N3O2/c1-20(27(31)32)30(24-10-6-3-7-11-24)26-18-25(28-19-29-26)23-16-14-22(15-17-23)13-12-21-8-4-2-5-9-21/h2-11,14-20H,1H3,(H,31,32)/t20-/m0/s1. The highest BCUT2D eigenvalue weighted by Crippen LogP contribution is 2.29. The second-order valence-electron chi connectivity index (χ2n) is 7.17. The van der Waals surface area contributed by atoms with E-state index < -0.39 is 12.0 Å². The van der Waals surface area contributed by atoms with E-state index in [1.807, 2.05) is 84.9 Å². The van der Waals surface area contributed by atoms with Gasteiger partial charge in [-0.05, 0) is 43.3 Å². The Morgan fingerprint density at radius 1 is 0.844 bits per heavy atom. The summed E-state index contributed by atoms with van der Waals surface area (Å²) in [6.45, 7) is 1.64. The molecular formula is C27H21N3O2. The van der Waals surface area contributed by atoms with Crippen LogP contribution >= 0.6 is 0 Å². The number of carboxylic acids is 1. The fourth-order valence-corrected chi connectivity index (χ4v) is 3.28. The van der Waals surface area contributed by atoms with Crippen molar-refractivity contribution in [1.29, 1.82) is 0 Å². The fraction of sp³-hybridized carbons (Fsp3) is 0.0741. The van der Waals surface area contributed by atoms with Crippen LogP contribution in [0.15, 0.2) is 97.3 Å². The summed E-state index contributed by atoms with van der Waals surface area (Å²) in [6.07, 6.45) is 1.46. The third-order valence-electron chi connectivity index (χ3n) is 4.98. The number of aliphatic carboxylic acids is 1. The van der Waals surface area contributed by atoms with Gasteiger partial charge in [0.1, 0.15) is 18.2 Å². The van der Waals surface area contributed by atoms with Crippen LogP contribution in [0, 0.1) is 11.8 Å². The first-order chi connectivity index (χ1) is 15.6. The summed E-state index contributed by atoms with van der Waals surface area (Å²) >= 11 is 0. The van der Waals surface area contributed by atoms with E-state index in [0.717, 1.165) is 22.4 Å². The van der Waals surface area contributed by atoms with Crippen molar-refractivity contribution in [1.82, 2.24) is 9.97 Å². The number of anilines is 2. The third kappa shape index (κ3) is 4.82. The minimum atomic E-state index is -0.935. The van der Waals surface area contributed by atoms with E-state index in [1.54, 1.807) is 17.9 Å². The van der Waals surface area contributed by atoms with Crippen molar-refractivity contribution in [2.75, 3.05) is 4.90 Å². The van der Waals surface area contributed by atoms with Gasteiger partial charge in [0, 0.05) is 28.4 Å². The maximum Gasteiger partial charge on any atom is 0.326 e. The zero-order valence-electron chi connectivity index (χ0n) is 17.5. The van der Waals surface area contributed by atoms with E-state index in [-0.39, 0.29) is 0 Å². The molecule has 0 saturated heterocycles. The predicted octanol–water partition coefficient (Wildman–Crippen LogP) is 5.15. The molecule has 0 aliphatic carbocycles. The molecule has 4 rings (SSSR count). The van der Waals surface area contributed by atoms with E-state index in [1.165, 1.54) is 6.33 Å². The molecule has 0 spiro atoms. The lowest BCUT2D eigenvalue weighted by Crippen LogP contribution is -2.36. The number of carbonyl (C=O) groups is 1. The van der Waals surface area contributed by atoms with Gasteiger partial charge in [-0.3, -0.25) is 0 Å². The summed E-state index contributed by atoms with van der Waals surface area (Å²) in [7, 11) is 0. The Labute approximate surface area is 187 Å². The van der Waals surface area contributed by atoms with Crippen LogP contribution < -0.4 is 4.90 Å². The lowest BCUT2D eigenvalue weighted by Gasteiger charge is -2.27. The highest BCUT2D eigenvalue weighted by molar-refractivity contribution is 5.82. The lowest BCUT2D eigenvalue weighted by molar-refractivity contribution is -0.138. The minimum Gasteiger partial charge on any atom is -0.480 e. The van der Waals surface area contributed by atoms with Gasteiger partial charge in [-0.2, -0.15) is 0 Å². The van der Waals surface area contributed by atoms with Crippen LogP contribution in [0.2, 0.25) is 0 Å². The number of hydrogen-bond donors (Lipinski definition) is 1. The van der Waals surface area contributed by atoms with Crippen molar-refractivity contribution in [2.45, 2.75) is 13.0 Å². The molecule has 0 amide bonds. The van der Waals surface area contributed by atoms with Crippen molar-refractivity contribution in [2.24, 2.45) is 0 Å². The van der Waals surface area contributed by atoms with Crippen molar-refractivity contribution in [3.8, 4) is 23.1 Å². The Morgan fingerprint density at radius 2 is 1.44 bits per heavy atom. The second-order valence-corrected chi connectivity index (χ2v) is 7.17. The maximum absolute atomic E-state index is 11.7. The highest BCUT2D eigenvalue weighted by atomic mass is 16.4. The monoisotopic (exact) mass is 419 g/mol. The molecule has 156 valence electrons. The normalized spacial score (nSPS) is 11.2. The van der Waals surface area contributed by atoms with Gasteiger partial charge in [0.2, 0.25) is 0 Å². The molecule has 5 nitrogen and oxygen atoms in total. The Kier molecular flexibility index (Phi) is 6.24.